The summed E-state index contributed by atoms with van der Waals surface area (Å²) in [6.07, 6.45) is 1.33. The molecule has 134 valence electrons. The quantitative estimate of drug-likeness (QED) is 0.611. The lowest BCUT2D eigenvalue weighted by molar-refractivity contribution is -0.118. The Morgan fingerprint density at radius 3 is 2.50 bits per heavy atom. The molecular formula is C21H20Cl2N2O. The lowest BCUT2D eigenvalue weighted by atomic mass is 9.73. The fraction of sp³-hybridized carbons (Fsp3) is 0.286. The van der Waals surface area contributed by atoms with Crippen LogP contribution in [0.15, 0.2) is 53.7 Å². The van der Waals surface area contributed by atoms with Gasteiger partial charge in [-0.1, -0.05) is 55.2 Å². The Kier molecular flexibility index (Phi) is 4.25. The van der Waals surface area contributed by atoms with Crippen LogP contribution in [0, 0.1) is 5.41 Å². The maximum absolute atomic E-state index is 13.1. The summed E-state index contributed by atoms with van der Waals surface area (Å²) < 4.78 is 0. The minimum atomic E-state index is -0.311. The van der Waals surface area contributed by atoms with E-state index in [0.29, 0.717) is 16.5 Å². The van der Waals surface area contributed by atoms with Gasteiger partial charge in [-0.05, 0) is 41.7 Å². The van der Waals surface area contributed by atoms with Crippen molar-refractivity contribution in [3.63, 3.8) is 0 Å². The Morgan fingerprint density at radius 2 is 1.77 bits per heavy atom. The van der Waals surface area contributed by atoms with Crippen LogP contribution in [0.5, 0.6) is 0 Å². The van der Waals surface area contributed by atoms with Crippen molar-refractivity contribution in [3.8, 4) is 0 Å². The fourth-order valence-corrected chi connectivity index (χ4v) is 4.38. The molecule has 0 spiro atoms. The van der Waals surface area contributed by atoms with Gasteiger partial charge in [0.15, 0.2) is 5.78 Å². The third-order valence-corrected chi connectivity index (χ3v) is 5.56. The third-order valence-electron chi connectivity index (χ3n) is 4.99. The van der Waals surface area contributed by atoms with Gasteiger partial charge in [-0.3, -0.25) is 4.79 Å². The Balaban J connectivity index is 1.91. The lowest BCUT2D eigenvalue weighted by Gasteiger charge is -2.34. The van der Waals surface area contributed by atoms with Crippen LogP contribution in [0.3, 0.4) is 0 Å². The molecule has 1 aliphatic heterocycles. The van der Waals surface area contributed by atoms with Crippen LogP contribution in [0.1, 0.15) is 38.3 Å². The number of carbonyl (C=O) groups excluding carboxylic acids is 1. The highest BCUT2D eigenvalue weighted by atomic mass is 35.5. The van der Waals surface area contributed by atoms with E-state index in [9.17, 15) is 4.79 Å². The highest BCUT2D eigenvalue weighted by Gasteiger charge is 2.39. The normalized spacial score (nSPS) is 21.2. The average molecular weight is 387 g/mol. The minimum Gasteiger partial charge on any atom is -0.372 e. The van der Waals surface area contributed by atoms with Gasteiger partial charge in [0.2, 0.25) is 0 Å². The number of Topliss-reactive ketones (excluding diaryl/α,β-unsaturated/α-hetero) is 1. The van der Waals surface area contributed by atoms with Gasteiger partial charge in [0, 0.05) is 27.7 Å². The summed E-state index contributed by atoms with van der Waals surface area (Å²) in [6.45, 7) is 4.26. The zero-order chi connectivity index (χ0) is 18.5. The second kappa shape index (κ2) is 6.33. The number of anilines is 2. The van der Waals surface area contributed by atoms with E-state index in [1.165, 1.54) is 0 Å². The Hall–Kier alpha value is -1.97. The molecule has 3 nitrogen and oxygen atoms in total. The third kappa shape index (κ3) is 3.10. The average Bonchev–Trinajstić information content (AvgIpc) is 2.69. The number of allylic oxidation sites excluding steroid dienone is 1. The van der Waals surface area contributed by atoms with Gasteiger partial charge in [0.1, 0.15) is 0 Å². The van der Waals surface area contributed by atoms with Crippen molar-refractivity contribution in [2.75, 3.05) is 10.6 Å². The number of hydrogen-bond acceptors (Lipinski definition) is 3. The molecule has 0 bridgehead atoms. The van der Waals surface area contributed by atoms with E-state index in [-0.39, 0.29) is 17.2 Å². The highest BCUT2D eigenvalue weighted by molar-refractivity contribution is 6.35. The van der Waals surface area contributed by atoms with Crippen LogP contribution in [0.4, 0.5) is 11.4 Å². The first-order chi connectivity index (χ1) is 12.3. The molecule has 0 radical (unpaired) electrons. The molecule has 0 saturated heterocycles. The van der Waals surface area contributed by atoms with Gasteiger partial charge in [0.25, 0.3) is 0 Å². The minimum absolute atomic E-state index is 0.0729. The summed E-state index contributed by atoms with van der Waals surface area (Å²) in [5.74, 6) is 0.153. The largest absolute Gasteiger partial charge is 0.372 e. The van der Waals surface area contributed by atoms with Crippen molar-refractivity contribution < 1.29 is 4.79 Å². The van der Waals surface area contributed by atoms with E-state index in [0.717, 1.165) is 34.6 Å². The second-order valence-corrected chi connectivity index (χ2v) is 8.59. The van der Waals surface area contributed by atoms with Crippen LogP contribution < -0.4 is 10.6 Å². The molecule has 0 amide bonds. The number of benzene rings is 2. The molecule has 0 fully saturated rings. The monoisotopic (exact) mass is 386 g/mol. The fourth-order valence-electron chi connectivity index (χ4n) is 3.86. The molecule has 0 unspecified atom stereocenters. The number of rotatable bonds is 1. The van der Waals surface area contributed by atoms with E-state index in [2.05, 4.69) is 24.5 Å². The van der Waals surface area contributed by atoms with Crippen molar-refractivity contribution in [1.82, 2.24) is 0 Å². The van der Waals surface area contributed by atoms with Crippen molar-refractivity contribution in [3.05, 3.63) is 69.3 Å². The van der Waals surface area contributed by atoms with Crippen LogP contribution in [-0.2, 0) is 4.79 Å². The molecule has 1 heterocycles. The van der Waals surface area contributed by atoms with Crippen molar-refractivity contribution in [1.29, 1.82) is 0 Å². The maximum Gasteiger partial charge on any atom is 0.163 e. The lowest BCUT2D eigenvalue weighted by Crippen LogP contribution is -2.31. The van der Waals surface area contributed by atoms with E-state index in [4.69, 9.17) is 23.2 Å². The molecule has 2 N–H and O–H groups in total. The van der Waals surface area contributed by atoms with Crippen LogP contribution in [-0.4, -0.2) is 5.78 Å². The van der Waals surface area contributed by atoms with Crippen LogP contribution in [0.2, 0.25) is 10.0 Å². The zero-order valence-corrected chi connectivity index (χ0v) is 16.2. The second-order valence-electron chi connectivity index (χ2n) is 7.75. The molecular weight excluding hydrogens is 367 g/mol. The SMILES string of the molecule is CC1(C)CC(=O)C2=C(C1)Nc1ccccc1N[C@@H]2c1ccc(Cl)cc1Cl. The first-order valence-electron chi connectivity index (χ1n) is 8.68. The summed E-state index contributed by atoms with van der Waals surface area (Å²) in [7, 11) is 0. The molecule has 1 atom stereocenters. The van der Waals surface area contributed by atoms with E-state index < -0.39 is 0 Å². The van der Waals surface area contributed by atoms with E-state index >= 15 is 0 Å². The number of ketones is 1. The van der Waals surface area contributed by atoms with Gasteiger partial charge in [-0.25, -0.2) is 0 Å². The molecule has 2 aromatic rings. The predicted octanol–water partition coefficient (Wildman–Crippen LogP) is 6.22. The molecule has 5 heteroatoms. The summed E-state index contributed by atoms with van der Waals surface area (Å²) in [5.41, 5.74) is 4.44. The van der Waals surface area contributed by atoms with Gasteiger partial charge in [-0.2, -0.15) is 0 Å². The Labute approximate surface area is 163 Å². The number of halogens is 2. The maximum atomic E-state index is 13.1. The van der Waals surface area contributed by atoms with Gasteiger partial charge in [-0.15, -0.1) is 0 Å². The summed E-state index contributed by atoms with van der Waals surface area (Å²) in [5, 5.41) is 8.16. The number of carbonyl (C=O) groups is 1. The van der Waals surface area contributed by atoms with Crippen LogP contribution >= 0.6 is 23.2 Å². The molecule has 4 rings (SSSR count). The predicted molar refractivity (Wildman–Crippen MR) is 108 cm³/mol. The standard InChI is InChI=1S/C21H20Cl2N2O/c1-21(2)10-17-19(18(26)11-21)20(13-8-7-12(22)9-14(13)23)25-16-6-4-3-5-15(16)24-17/h3-9,20,24-25H,10-11H2,1-2H3/t20-/m1/s1. The van der Waals surface area contributed by atoms with Crippen molar-refractivity contribution in [2.45, 2.75) is 32.7 Å². The zero-order valence-electron chi connectivity index (χ0n) is 14.7. The molecule has 2 aromatic carbocycles. The summed E-state index contributed by atoms with van der Waals surface area (Å²) in [6, 6.07) is 13.1. The number of para-hydroxylation sites is 2. The molecule has 2 aliphatic rings. The molecule has 0 saturated carbocycles. The first kappa shape index (κ1) is 17.4. The van der Waals surface area contributed by atoms with E-state index in [1.807, 2.05) is 36.4 Å². The van der Waals surface area contributed by atoms with Gasteiger partial charge in [0.05, 0.1) is 17.4 Å². The Bertz CT molecular complexity index is 933. The highest BCUT2D eigenvalue weighted by Crippen LogP contribution is 2.46. The van der Waals surface area contributed by atoms with Gasteiger partial charge < -0.3 is 10.6 Å². The first-order valence-corrected chi connectivity index (χ1v) is 9.43. The number of fused-ring (bicyclic) bond motifs is 1. The van der Waals surface area contributed by atoms with Gasteiger partial charge >= 0.3 is 0 Å². The molecule has 26 heavy (non-hydrogen) atoms. The molecule has 0 aromatic heterocycles. The summed E-state index contributed by atoms with van der Waals surface area (Å²) in [4.78, 5) is 13.1. The summed E-state index contributed by atoms with van der Waals surface area (Å²) >= 11 is 12.6. The number of nitrogens with one attached hydrogen (secondary N) is 2. The van der Waals surface area contributed by atoms with Crippen molar-refractivity contribution >= 4 is 40.4 Å². The van der Waals surface area contributed by atoms with Crippen molar-refractivity contribution in [2.24, 2.45) is 5.41 Å². The topological polar surface area (TPSA) is 41.1 Å². The smallest absolute Gasteiger partial charge is 0.163 e. The number of hydrogen-bond donors (Lipinski definition) is 2. The molecule has 1 aliphatic carbocycles. The Morgan fingerprint density at radius 1 is 1.04 bits per heavy atom. The van der Waals surface area contributed by atoms with E-state index in [1.54, 1.807) is 6.07 Å². The van der Waals surface area contributed by atoms with Crippen LogP contribution in [0.25, 0.3) is 0 Å².